The molecule has 31 heavy (non-hydrogen) atoms. The predicted octanol–water partition coefficient (Wildman–Crippen LogP) is 4.25. The first-order valence-electron chi connectivity index (χ1n) is 9.42. The van der Waals surface area contributed by atoms with E-state index < -0.39 is 11.0 Å². The zero-order valence-corrected chi connectivity index (χ0v) is 18.5. The van der Waals surface area contributed by atoms with E-state index in [1.54, 1.807) is 30.3 Å². The van der Waals surface area contributed by atoms with Gasteiger partial charge in [0.25, 0.3) is 11.6 Å². The number of nitro benzene ring substituents is 1. The standard InChI is InChI=1S/C21H20BrN3O6/c1-3-7-24-20(26)17(23-21(24)27)10-14-9-16(22)19(18(11-14)30-2)31-12-13-5-4-6-15(8-13)25(28)29/h4-6,8-11H,3,7,12H2,1-2H3,(H,23,27)/b17-10+. The molecule has 0 aliphatic carbocycles. The van der Waals surface area contributed by atoms with Gasteiger partial charge < -0.3 is 14.8 Å². The Hall–Kier alpha value is -3.40. The average Bonchev–Trinajstić information content (AvgIpc) is 3.00. The number of rotatable bonds is 8. The number of carbonyl (C=O) groups is 2. The fraction of sp³-hybridized carbons (Fsp3) is 0.238. The van der Waals surface area contributed by atoms with Gasteiger partial charge in [0.15, 0.2) is 11.5 Å². The lowest BCUT2D eigenvalue weighted by Crippen LogP contribution is -2.31. The first-order chi connectivity index (χ1) is 14.8. The van der Waals surface area contributed by atoms with E-state index in [1.165, 1.54) is 19.2 Å². The molecular formula is C21H20BrN3O6. The quantitative estimate of drug-likeness (QED) is 0.256. The predicted molar refractivity (Wildman–Crippen MR) is 117 cm³/mol. The third kappa shape index (κ3) is 5.02. The van der Waals surface area contributed by atoms with Crippen molar-refractivity contribution in [2.75, 3.05) is 13.7 Å². The second kappa shape index (κ2) is 9.61. The summed E-state index contributed by atoms with van der Waals surface area (Å²) in [5, 5.41) is 13.5. The first-order valence-corrected chi connectivity index (χ1v) is 10.2. The second-order valence-corrected chi connectivity index (χ2v) is 7.55. The Morgan fingerprint density at radius 1 is 1.26 bits per heavy atom. The monoisotopic (exact) mass is 489 g/mol. The summed E-state index contributed by atoms with van der Waals surface area (Å²) in [5.74, 6) is 0.423. The lowest BCUT2D eigenvalue weighted by molar-refractivity contribution is -0.384. The van der Waals surface area contributed by atoms with Crippen LogP contribution in [0.15, 0.2) is 46.6 Å². The van der Waals surface area contributed by atoms with Crippen LogP contribution in [0.3, 0.4) is 0 Å². The molecule has 0 saturated carbocycles. The van der Waals surface area contributed by atoms with E-state index in [2.05, 4.69) is 21.2 Å². The molecule has 0 unspecified atom stereocenters. The van der Waals surface area contributed by atoms with E-state index in [4.69, 9.17) is 9.47 Å². The number of benzene rings is 2. The number of carbonyl (C=O) groups excluding carboxylic acids is 2. The van der Waals surface area contributed by atoms with Gasteiger partial charge in [-0.15, -0.1) is 0 Å². The summed E-state index contributed by atoms with van der Waals surface area (Å²) < 4.78 is 11.8. The highest BCUT2D eigenvalue weighted by atomic mass is 79.9. The molecule has 1 aliphatic rings. The maximum atomic E-state index is 12.4. The van der Waals surface area contributed by atoms with E-state index in [0.29, 0.717) is 40.1 Å². The Kier molecular flexibility index (Phi) is 6.91. The molecule has 0 radical (unpaired) electrons. The summed E-state index contributed by atoms with van der Waals surface area (Å²) in [6.07, 6.45) is 2.23. The number of imide groups is 1. The molecule has 10 heteroatoms. The number of nitro groups is 1. The molecule has 1 heterocycles. The minimum Gasteiger partial charge on any atom is -0.493 e. The summed E-state index contributed by atoms with van der Waals surface area (Å²) in [5.41, 5.74) is 1.41. The van der Waals surface area contributed by atoms with Crippen LogP contribution >= 0.6 is 15.9 Å². The number of nitrogens with one attached hydrogen (secondary N) is 1. The van der Waals surface area contributed by atoms with Crippen LogP contribution in [0.1, 0.15) is 24.5 Å². The molecule has 162 valence electrons. The maximum absolute atomic E-state index is 12.4. The maximum Gasteiger partial charge on any atom is 0.329 e. The molecule has 1 N–H and O–H groups in total. The molecule has 0 bridgehead atoms. The largest absolute Gasteiger partial charge is 0.493 e. The van der Waals surface area contributed by atoms with Crippen molar-refractivity contribution in [3.8, 4) is 11.5 Å². The van der Waals surface area contributed by atoms with E-state index in [9.17, 15) is 19.7 Å². The van der Waals surface area contributed by atoms with Crippen molar-refractivity contribution < 1.29 is 24.0 Å². The smallest absolute Gasteiger partial charge is 0.329 e. The third-order valence-corrected chi connectivity index (χ3v) is 5.07. The molecule has 0 spiro atoms. The van der Waals surface area contributed by atoms with Crippen molar-refractivity contribution >= 4 is 39.6 Å². The van der Waals surface area contributed by atoms with E-state index in [1.807, 2.05) is 6.92 Å². The van der Waals surface area contributed by atoms with Gasteiger partial charge in [-0.1, -0.05) is 19.1 Å². The van der Waals surface area contributed by atoms with Crippen molar-refractivity contribution in [2.24, 2.45) is 0 Å². The van der Waals surface area contributed by atoms with Gasteiger partial charge in [0.1, 0.15) is 12.3 Å². The number of ether oxygens (including phenoxy) is 2. The van der Waals surface area contributed by atoms with Crippen LogP contribution in [0.2, 0.25) is 0 Å². The molecule has 0 atom stereocenters. The van der Waals surface area contributed by atoms with E-state index in [-0.39, 0.29) is 23.9 Å². The van der Waals surface area contributed by atoms with Crippen LogP contribution in [0, 0.1) is 10.1 Å². The number of amides is 3. The van der Waals surface area contributed by atoms with Gasteiger partial charge in [-0.25, -0.2) is 4.79 Å². The first kappa shape index (κ1) is 22.3. The van der Waals surface area contributed by atoms with Crippen LogP contribution in [0.25, 0.3) is 6.08 Å². The average molecular weight is 490 g/mol. The van der Waals surface area contributed by atoms with Gasteiger partial charge in [0, 0.05) is 18.7 Å². The number of halogens is 1. The van der Waals surface area contributed by atoms with E-state index >= 15 is 0 Å². The molecule has 3 amide bonds. The number of hydrogen-bond donors (Lipinski definition) is 1. The fourth-order valence-corrected chi connectivity index (χ4v) is 3.62. The van der Waals surface area contributed by atoms with Gasteiger partial charge in [0.05, 0.1) is 16.5 Å². The Labute approximate surface area is 186 Å². The number of nitrogens with zero attached hydrogens (tertiary/aromatic N) is 2. The topological polar surface area (TPSA) is 111 Å². The molecular weight excluding hydrogens is 470 g/mol. The third-order valence-electron chi connectivity index (χ3n) is 4.48. The Bertz CT molecular complexity index is 1070. The molecule has 1 fully saturated rings. The van der Waals surface area contributed by atoms with Gasteiger partial charge >= 0.3 is 6.03 Å². The summed E-state index contributed by atoms with van der Waals surface area (Å²) in [4.78, 5) is 36.0. The van der Waals surface area contributed by atoms with Crippen LogP contribution in [0.5, 0.6) is 11.5 Å². The number of hydrogen-bond acceptors (Lipinski definition) is 6. The van der Waals surface area contributed by atoms with Gasteiger partial charge in [-0.3, -0.25) is 19.8 Å². The number of non-ortho nitro benzene ring substituents is 1. The van der Waals surface area contributed by atoms with Crippen LogP contribution in [-0.4, -0.2) is 35.4 Å². The summed E-state index contributed by atoms with van der Waals surface area (Å²) in [6.45, 7) is 2.33. The zero-order chi connectivity index (χ0) is 22.5. The highest BCUT2D eigenvalue weighted by Crippen LogP contribution is 2.38. The summed E-state index contributed by atoms with van der Waals surface area (Å²) in [7, 11) is 1.48. The van der Waals surface area contributed by atoms with Crippen molar-refractivity contribution in [2.45, 2.75) is 20.0 Å². The lowest BCUT2D eigenvalue weighted by atomic mass is 10.1. The molecule has 0 aromatic heterocycles. The highest BCUT2D eigenvalue weighted by Gasteiger charge is 2.32. The van der Waals surface area contributed by atoms with Gasteiger partial charge in [-0.05, 0) is 51.7 Å². The molecule has 1 aliphatic heterocycles. The minimum absolute atomic E-state index is 0.0190. The highest BCUT2D eigenvalue weighted by molar-refractivity contribution is 9.10. The zero-order valence-electron chi connectivity index (χ0n) is 16.9. The molecule has 9 nitrogen and oxygen atoms in total. The van der Waals surface area contributed by atoms with Crippen molar-refractivity contribution in [3.05, 3.63) is 67.8 Å². The second-order valence-electron chi connectivity index (χ2n) is 6.69. The molecule has 1 saturated heterocycles. The molecule has 3 rings (SSSR count). The van der Waals surface area contributed by atoms with Gasteiger partial charge in [-0.2, -0.15) is 0 Å². The van der Waals surface area contributed by atoms with Crippen LogP contribution in [0.4, 0.5) is 10.5 Å². The van der Waals surface area contributed by atoms with Crippen LogP contribution < -0.4 is 14.8 Å². The molecule has 2 aromatic rings. The van der Waals surface area contributed by atoms with Crippen LogP contribution in [-0.2, 0) is 11.4 Å². The lowest BCUT2D eigenvalue weighted by Gasteiger charge is -2.14. The van der Waals surface area contributed by atoms with Crippen molar-refractivity contribution in [1.82, 2.24) is 10.2 Å². The van der Waals surface area contributed by atoms with E-state index in [0.717, 1.165) is 4.90 Å². The molecule has 2 aromatic carbocycles. The Morgan fingerprint density at radius 2 is 2.03 bits per heavy atom. The summed E-state index contributed by atoms with van der Waals surface area (Å²) >= 11 is 3.44. The fourth-order valence-electron chi connectivity index (χ4n) is 3.04. The minimum atomic E-state index is -0.465. The van der Waals surface area contributed by atoms with Gasteiger partial charge in [0.2, 0.25) is 0 Å². The number of methoxy groups -OCH3 is 1. The normalized spacial score (nSPS) is 14.7. The Balaban J connectivity index is 1.82. The Morgan fingerprint density at radius 3 is 2.71 bits per heavy atom. The number of urea groups is 1. The van der Waals surface area contributed by atoms with Crippen molar-refractivity contribution in [3.63, 3.8) is 0 Å². The summed E-state index contributed by atoms with van der Waals surface area (Å²) in [6, 6.07) is 9.11. The van der Waals surface area contributed by atoms with Crippen molar-refractivity contribution in [1.29, 1.82) is 0 Å². The SMILES string of the molecule is CCCN1C(=O)N/C(=C/c2cc(Br)c(OCc3cccc([N+](=O)[O-])c3)c(OC)c2)C1=O.